The van der Waals surface area contributed by atoms with Crippen LogP contribution in [0.2, 0.25) is 0 Å². The highest BCUT2D eigenvalue weighted by Crippen LogP contribution is 2.17. The largest absolute Gasteiger partial charge is 0.356 e. The number of amides is 1. The summed E-state index contributed by atoms with van der Waals surface area (Å²) in [6.07, 6.45) is 3.00. The van der Waals surface area contributed by atoms with Gasteiger partial charge in [-0.3, -0.25) is 9.52 Å². The van der Waals surface area contributed by atoms with E-state index >= 15 is 0 Å². The highest BCUT2D eigenvalue weighted by atomic mass is 32.2. The average Bonchev–Trinajstić information content (AvgIpc) is 2.55. The van der Waals surface area contributed by atoms with E-state index in [9.17, 15) is 13.2 Å². The second-order valence-electron chi connectivity index (χ2n) is 4.99. The van der Waals surface area contributed by atoms with E-state index in [1.54, 1.807) is 37.4 Å². The van der Waals surface area contributed by atoms with E-state index in [0.29, 0.717) is 5.69 Å². The number of hydrogen-bond donors (Lipinski definition) is 2. The lowest BCUT2D eigenvalue weighted by molar-refractivity contribution is -0.115. The van der Waals surface area contributed by atoms with Gasteiger partial charge >= 0.3 is 0 Å². The van der Waals surface area contributed by atoms with Crippen molar-refractivity contribution in [3.63, 3.8) is 0 Å². The molecule has 0 spiro atoms. The van der Waals surface area contributed by atoms with Gasteiger partial charge in [0.15, 0.2) is 0 Å². The molecule has 120 valence electrons. The lowest BCUT2D eigenvalue weighted by atomic mass is 10.2. The Morgan fingerprint density at radius 3 is 2.17 bits per heavy atom. The van der Waals surface area contributed by atoms with E-state index in [1.807, 2.05) is 19.1 Å². The van der Waals surface area contributed by atoms with Crippen LogP contribution in [0.15, 0.2) is 59.5 Å². The third kappa shape index (κ3) is 4.69. The second-order valence-corrected chi connectivity index (χ2v) is 6.67. The minimum absolute atomic E-state index is 0.162. The number of nitrogens with one attached hydrogen (secondary N) is 2. The fourth-order valence-corrected chi connectivity index (χ4v) is 2.91. The molecule has 0 aliphatic rings. The Morgan fingerprint density at radius 2 is 1.61 bits per heavy atom. The number of carbonyl (C=O) groups excluding carboxylic acids is 1. The maximum Gasteiger partial charge on any atom is 0.261 e. The first-order chi connectivity index (χ1) is 10.9. The fourth-order valence-electron chi connectivity index (χ4n) is 1.85. The van der Waals surface area contributed by atoms with Crippen molar-refractivity contribution in [2.75, 3.05) is 11.8 Å². The van der Waals surface area contributed by atoms with Gasteiger partial charge in [-0.05, 0) is 42.8 Å². The van der Waals surface area contributed by atoms with Gasteiger partial charge in [-0.1, -0.05) is 29.8 Å². The molecule has 0 aromatic heterocycles. The number of rotatable bonds is 5. The highest BCUT2D eigenvalue weighted by molar-refractivity contribution is 7.92. The van der Waals surface area contributed by atoms with Gasteiger partial charge in [-0.15, -0.1) is 0 Å². The molecule has 0 aliphatic carbocycles. The van der Waals surface area contributed by atoms with E-state index < -0.39 is 10.0 Å². The molecule has 1 amide bonds. The molecule has 0 saturated heterocycles. The number of likely N-dealkylation sites (N-methyl/N-ethyl adjacent to an activating group) is 1. The SMILES string of the molecule is CNC(=O)/C=C/c1ccc(S(=O)(=O)Nc2ccc(C)cc2)cc1. The van der Waals surface area contributed by atoms with E-state index in [0.717, 1.165) is 11.1 Å². The Bertz CT molecular complexity index is 808. The van der Waals surface area contributed by atoms with Crippen LogP contribution in [0.25, 0.3) is 6.08 Å². The molecule has 6 heteroatoms. The van der Waals surface area contributed by atoms with Crippen molar-refractivity contribution in [3.8, 4) is 0 Å². The summed E-state index contributed by atoms with van der Waals surface area (Å²) in [5, 5.41) is 2.47. The fraction of sp³-hybridized carbons (Fsp3) is 0.118. The lowest BCUT2D eigenvalue weighted by Crippen LogP contribution is -2.14. The predicted molar refractivity (Wildman–Crippen MR) is 91.5 cm³/mol. The molecule has 0 radical (unpaired) electrons. The number of hydrogen-bond acceptors (Lipinski definition) is 3. The molecule has 0 aliphatic heterocycles. The molecular weight excluding hydrogens is 312 g/mol. The van der Waals surface area contributed by atoms with Crippen LogP contribution in [0.3, 0.4) is 0 Å². The summed E-state index contributed by atoms with van der Waals surface area (Å²) in [5.41, 5.74) is 2.31. The van der Waals surface area contributed by atoms with Gasteiger partial charge in [0.1, 0.15) is 0 Å². The first-order valence-electron chi connectivity index (χ1n) is 7.00. The number of carbonyl (C=O) groups is 1. The van der Waals surface area contributed by atoms with Crippen molar-refractivity contribution in [2.45, 2.75) is 11.8 Å². The quantitative estimate of drug-likeness (QED) is 0.827. The van der Waals surface area contributed by atoms with Crippen LogP contribution >= 0.6 is 0 Å². The van der Waals surface area contributed by atoms with Crippen LogP contribution in [0, 0.1) is 6.92 Å². The minimum atomic E-state index is -3.63. The smallest absolute Gasteiger partial charge is 0.261 e. The van der Waals surface area contributed by atoms with Crippen molar-refractivity contribution in [1.82, 2.24) is 5.32 Å². The van der Waals surface area contributed by atoms with Crippen LogP contribution in [-0.2, 0) is 14.8 Å². The Hall–Kier alpha value is -2.60. The molecule has 2 N–H and O–H groups in total. The molecule has 0 atom stereocenters. The van der Waals surface area contributed by atoms with Gasteiger partial charge in [-0.25, -0.2) is 8.42 Å². The molecule has 2 aromatic carbocycles. The summed E-state index contributed by atoms with van der Waals surface area (Å²) in [5.74, 6) is -0.220. The van der Waals surface area contributed by atoms with Crippen LogP contribution in [-0.4, -0.2) is 21.4 Å². The van der Waals surface area contributed by atoms with Crippen LogP contribution in [0.1, 0.15) is 11.1 Å². The summed E-state index contributed by atoms with van der Waals surface area (Å²) < 4.78 is 27.2. The molecule has 23 heavy (non-hydrogen) atoms. The topological polar surface area (TPSA) is 75.3 Å². The van der Waals surface area contributed by atoms with Crippen molar-refractivity contribution in [1.29, 1.82) is 0 Å². The van der Waals surface area contributed by atoms with Crippen LogP contribution in [0.5, 0.6) is 0 Å². The predicted octanol–water partition coefficient (Wildman–Crippen LogP) is 2.56. The summed E-state index contributed by atoms with van der Waals surface area (Å²) >= 11 is 0. The maximum atomic E-state index is 12.3. The van der Waals surface area contributed by atoms with E-state index in [1.165, 1.54) is 18.2 Å². The monoisotopic (exact) mass is 330 g/mol. The van der Waals surface area contributed by atoms with E-state index in [-0.39, 0.29) is 10.8 Å². The Kier molecular flexibility index (Phi) is 5.18. The first kappa shape index (κ1) is 16.8. The van der Waals surface area contributed by atoms with Crippen LogP contribution < -0.4 is 10.0 Å². The van der Waals surface area contributed by atoms with E-state index in [2.05, 4.69) is 10.0 Å². The number of aryl methyl sites for hydroxylation is 1. The summed E-state index contributed by atoms with van der Waals surface area (Å²) in [6.45, 7) is 1.93. The van der Waals surface area contributed by atoms with Crippen molar-refractivity contribution < 1.29 is 13.2 Å². The van der Waals surface area contributed by atoms with Gasteiger partial charge in [0, 0.05) is 18.8 Å². The molecule has 2 aromatic rings. The van der Waals surface area contributed by atoms with E-state index in [4.69, 9.17) is 0 Å². The summed E-state index contributed by atoms with van der Waals surface area (Å²) in [4.78, 5) is 11.3. The minimum Gasteiger partial charge on any atom is -0.356 e. The van der Waals surface area contributed by atoms with Gasteiger partial charge in [-0.2, -0.15) is 0 Å². The second kappa shape index (κ2) is 7.11. The maximum absolute atomic E-state index is 12.3. The molecule has 2 rings (SSSR count). The van der Waals surface area contributed by atoms with Crippen molar-refractivity contribution in [2.24, 2.45) is 0 Å². The number of sulfonamides is 1. The molecule has 0 unspecified atom stereocenters. The van der Waals surface area contributed by atoms with Gasteiger partial charge in [0.05, 0.1) is 4.90 Å². The standard InChI is InChI=1S/C17H18N2O3S/c1-13-3-8-15(9-4-13)19-23(21,22)16-10-5-14(6-11-16)7-12-17(20)18-2/h3-12,19H,1-2H3,(H,18,20)/b12-7+. The van der Waals surface area contributed by atoms with Crippen LogP contribution in [0.4, 0.5) is 5.69 Å². The molecule has 0 heterocycles. The van der Waals surface area contributed by atoms with Gasteiger partial charge < -0.3 is 5.32 Å². The summed E-state index contributed by atoms with van der Waals surface area (Å²) in [7, 11) is -2.09. The van der Waals surface area contributed by atoms with Crippen molar-refractivity contribution >= 4 is 27.7 Å². The Morgan fingerprint density at radius 1 is 1.00 bits per heavy atom. The zero-order valence-electron chi connectivity index (χ0n) is 12.9. The molecular formula is C17H18N2O3S. The zero-order chi connectivity index (χ0) is 16.9. The third-order valence-corrected chi connectivity index (χ3v) is 4.56. The molecule has 5 nitrogen and oxygen atoms in total. The average molecular weight is 330 g/mol. The number of anilines is 1. The van der Waals surface area contributed by atoms with Gasteiger partial charge in [0.2, 0.25) is 5.91 Å². The normalized spacial score (nSPS) is 11.4. The lowest BCUT2D eigenvalue weighted by Gasteiger charge is -2.08. The third-order valence-electron chi connectivity index (χ3n) is 3.17. The highest BCUT2D eigenvalue weighted by Gasteiger charge is 2.13. The van der Waals surface area contributed by atoms with Crippen molar-refractivity contribution in [3.05, 3.63) is 65.7 Å². The zero-order valence-corrected chi connectivity index (χ0v) is 13.7. The number of benzene rings is 2. The summed E-state index contributed by atoms with van der Waals surface area (Å²) in [6, 6.07) is 13.4. The molecule has 0 fully saturated rings. The Labute approximate surface area is 136 Å². The van der Waals surface area contributed by atoms with Gasteiger partial charge in [0.25, 0.3) is 10.0 Å². The first-order valence-corrected chi connectivity index (χ1v) is 8.48. The molecule has 0 saturated carbocycles. The Balaban J connectivity index is 2.15. The molecule has 0 bridgehead atoms.